The Morgan fingerprint density at radius 2 is 2.12 bits per heavy atom. The van der Waals surface area contributed by atoms with Crippen LogP contribution in [-0.4, -0.2) is 36.2 Å². The molecule has 11 nitrogen and oxygen atoms in total. The lowest BCUT2D eigenvalue weighted by molar-refractivity contribution is 0.155. The molecule has 0 radical (unpaired) electrons. The average Bonchev–Trinajstić information content (AvgIpc) is 3.49. The molecule has 5 rings (SSSR count). The second-order valence-electron chi connectivity index (χ2n) is 7.75. The van der Waals surface area contributed by atoms with Crippen LogP contribution in [-0.2, 0) is 13.0 Å². The Balaban J connectivity index is 1.44. The number of anilines is 2. The summed E-state index contributed by atoms with van der Waals surface area (Å²) >= 11 is 0. The summed E-state index contributed by atoms with van der Waals surface area (Å²) in [6.07, 6.45) is 1.99. The fraction of sp³-hybridized carbons (Fsp3) is 0.182. The molecule has 0 fully saturated rings. The summed E-state index contributed by atoms with van der Waals surface area (Å²) in [7, 11) is 0. The Labute approximate surface area is 188 Å². The zero-order valence-corrected chi connectivity index (χ0v) is 17.6. The van der Waals surface area contributed by atoms with Crippen LogP contribution in [0.5, 0.6) is 0 Å². The van der Waals surface area contributed by atoms with Gasteiger partial charge in [0.25, 0.3) is 0 Å². The van der Waals surface area contributed by atoms with Crippen LogP contribution < -0.4 is 10.5 Å². The highest BCUT2D eigenvalue weighted by Gasteiger charge is 2.36. The number of benzene rings is 2. The van der Waals surface area contributed by atoms with Crippen molar-refractivity contribution in [3.63, 3.8) is 0 Å². The number of carbonyl (C=O) groups excluding carboxylic acids is 1. The number of H-pyrrole nitrogens is 1. The molecule has 2 amide bonds. The highest BCUT2D eigenvalue weighted by Crippen LogP contribution is 2.33. The molecular weight excluding hydrogens is 426 g/mol. The second kappa shape index (κ2) is 8.37. The molecule has 2 aromatic carbocycles. The van der Waals surface area contributed by atoms with E-state index in [1.54, 1.807) is 23.4 Å². The van der Waals surface area contributed by atoms with Crippen LogP contribution in [0.2, 0.25) is 0 Å². The molecule has 0 saturated carbocycles. The van der Waals surface area contributed by atoms with Gasteiger partial charge in [-0.25, -0.2) is 9.78 Å². The Bertz CT molecular complexity index is 1280. The van der Waals surface area contributed by atoms with Gasteiger partial charge in [0.15, 0.2) is 0 Å². The molecule has 1 atom stereocenters. The second-order valence-corrected chi connectivity index (χ2v) is 7.75. The largest absolute Gasteiger partial charge is 0.733 e. The Morgan fingerprint density at radius 3 is 2.91 bits per heavy atom. The highest BCUT2D eigenvalue weighted by atomic mass is 16.8. The lowest BCUT2D eigenvalue weighted by Crippen LogP contribution is -2.41. The van der Waals surface area contributed by atoms with Gasteiger partial charge < -0.3 is 30.2 Å². The van der Waals surface area contributed by atoms with Crippen LogP contribution in [0.1, 0.15) is 28.9 Å². The normalized spacial score (nSPS) is 15.2. The van der Waals surface area contributed by atoms with Crippen molar-refractivity contribution in [2.75, 3.05) is 10.5 Å². The molecule has 0 aliphatic carbocycles. The quantitative estimate of drug-likeness (QED) is 0.401. The van der Waals surface area contributed by atoms with E-state index >= 15 is 0 Å². The molecular formula is C22H20N7O4-. The molecule has 1 aliphatic heterocycles. The van der Waals surface area contributed by atoms with Crippen LogP contribution in [0, 0.1) is 12.1 Å². The van der Waals surface area contributed by atoms with E-state index in [1.165, 1.54) is 12.1 Å². The predicted octanol–water partition coefficient (Wildman–Crippen LogP) is 3.79. The number of urea groups is 1. The van der Waals surface area contributed by atoms with Crippen LogP contribution in [0.3, 0.4) is 0 Å². The number of aromatic amines is 1. The van der Waals surface area contributed by atoms with E-state index in [-0.39, 0.29) is 28.7 Å². The maximum atomic E-state index is 13.2. The minimum absolute atomic E-state index is 0.0387. The van der Waals surface area contributed by atoms with Crippen molar-refractivity contribution in [2.45, 2.75) is 25.9 Å². The maximum absolute atomic E-state index is 13.2. The molecule has 3 N–H and O–H groups in total. The number of aryl methyl sites for hydroxylation is 1. The molecule has 3 heterocycles. The van der Waals surface area contributed by atoms with E-state index in [1.807, 2.05) is 31.2 Å². The zero-order valence-electron chi connectivity index (χ0n) is 17.6. The number of hydrogen-bond donors (Lipinski definition) is 3. The molecule has 2 aromatic heterocycles. The number of amides is 2. The molecule has 168 valence electrons. The third-order valence-corrected chi connectivity index (χ3v) is 5.51. The van der Waals surface area contributed by atoms with Crippen molar-refractivity contribution in [1.82, 2.24) is 25.0 Å². The van der Waals surface area contributed by atoms with E-state index in [2.05, 4.69) is 25.4 Å². The van der Waals surface area contributed by atoms with Gasteiger partial charge in [-0.15, -0.1) is 0 Å². The number of imidazole rings is 1. The lowest BCUT2D eigenvalue weighted by Gasteiger charge is -2.32. The smallest absolute Gasteiger partial charge is 0.322 e. The monoisotopic (exact) mass is 446 g/mol. The Kier molecular flexibility index (Phi) is 5.24. The summed E-state index contributed by atoms with van der Waals surface area (Å²) in [4.78, 5) is 26.7. The van der Waals surface area contributed by atoms with Gasteiger partial charge in [0.2, 0.25) is 11.7 Å². The third-order valence-electron chi connectivity index (χ3n) is 5.51. The summed E-state index contributed by atoms with van der Waals surface area (Å²) in [5.41, 5.74) is 3.96. The molecule has 11 heteroatoms. The molecule has 1 aliphatic rings. The molecule has 0 unspecified atom stereocenters. The number of carbonyl (C=O) groups is 1. The lowest BCUT2D eigenvalue weighted by atomic mass is 10.0. The van der Waals surface area contributed by atoms with Crippen molar-refractivity contribution < 1.29 is 14.5 Å². The Morgan fingerprint density at radius 1 is 1.30 bits per heavy atom. The topological polar surface area (TPSA) is 146 Å². The minimum Gasteiger partial charge on any atom is -0.733 e. The maximum Gasteiger partial charge on any atom is 0.322 e. The van der Waals surface area contributed by atoms with E-state index in [0.717, 1.165) is 17.0 Å². The number of rotatable bonds is 4. The molecule has 0 saturated heterocycles. The van der Waals surface area contributed by atoms with Gasteiger partial charge in [-0.2, -0.15) is 4.98 Å². The fourth-order valence-electron chi connectivity index (χ4n) is 3.75. The fourth-order valence-corrected chi connectivity index (χ4v) is 3.75. The van der Waals surface area contributed by atoms with Crippen molar-refractivity contribution in [3.8, 4) is 11.4 Å². The van der Waals surface area contributed by atoms with Gasteiger partial charge in [-0.3, -0.25) is 5.21 Å². The minimum atomic E-state index is -0.537. The first-order valence-electron chi connectivity index (χ1n) is 10.2. The first-order valence-corrected chi connectivity index (χ1v) is 10.2. The summed E-state index contributed by atoms with van der Waals surface area (Å²) < 4.78 is 5.52. The first-order chi connectivity index (χ1) is 16.0. The SMILES string of the molecule is Cc1ccc(NC(=O)N2Cc3[nH]cnc3C[C@H]2c2nc(-c3cccc(N([O-])O)c3)no2)cc1. The van der Waals surface area contributed by atoms with Gasteiger partial charge in [-0.05, 0) is 31.2 Å². The number of aromatic nitrogens is 4. The number of nitrogens with zero attached hydrogens (tertiary/aromatic N) is 5. The van der Waals surface area contributed by atoms with Gasteiger partial charge in [-0.1, -0.05) is 35.0 Å². The van der Waals surface area contributed by atoms with Crippen molar-refractivity contribution in [3.05, 3.63) is 82.9 Å². The number of nitrogens with one attached hydrogen (secondary N) is 2. The predicted molar refractivity (Wildman–Crippen MR) is 118 cm³/mol. The summed E-state index contributed by atoms with van der Waals surface area (Å²) in [5, 5.41) is 27.1. The van der Waals surface area contributed by atoms with Crippen molar-refractivity contribution in [2.24, 2.45) is 0 Å². The van der Waals surface area contributed by atoms with E-state index in [9.17, 15) is 10.0 Å². The third kappa shape index (κ3) is 4.14. The summed E-state index contributed by atoms with van der Waals surface area (Å²) in [5.74, 6) is 0.478. The van der Waals surface area contributed by atoms with Gasteiger partial charge >= 0.3 is 6.03 Å². The molecule has 0 bridgehead atoms. The zero-order chi connectivity index (χ0) is 22.9. The standard InChI is InChI=1S/C22H20N7O4/c1-13-5-7-15(8-6-13)25-22(30)28-11-18-17(23-12-24-18)10-19(28)21-26-20(27-33-21)14-3-2-4-16(9-14)29(31)32/h2-9,12,19,31H,10-11H2,1H3,(H,23,24)(H,25,30)/q-1/t19-/m0/s1. The number of hydrogen-bond acceptors (Lipinski definition) is 8. The van der Waals surface area contributed by atoms with E-state index < -0.39 is 6.04 Å². The summed E-state index contributed by atoms with van der Waals surface area (Å²) in [6.45, 7) is 2.27. The molecule has 0 spiro atoms. The van der Waals surface area contributed by atoms with Crippen molar-refractivity contribution >= 4 is 17.4 Å². The average molecular weight is 446 g/mol. The van der Waals surface area contributed by atoms with Crippen LogP contribution in [0.15, 0.2) is 59.4 Å². The van der Waals surface area contributed by atoms with Crippen LogP contribution >= 0.6 is 0 Å². The number of fused-ring (bicyclic) bond motifs is 1. The molecule has 33 heavy (non-hydrogen) atoms. The van der Waals surface area contributed by atoms with Gasteiger partial charge in [0.05, 0.1) is 29.9 Å². The first kappa shape index (κ1) is 20.7. The molecule has 4 aromatic rings. The van der Waals surface area contributed by atoms with E-state index in [0.29, 0.717) is 24.2 Å². The Hall–Kier alpha value is -4.22. The van der Waals surface area contributed by atoms with Gasteiger partial charge in [0.1, 0.15) is 6.04 Å². The van der Waals surface area contributed by atoms with E-state index in [4.69, 9.17) is 9.73 Å². The van der Waals surface area contributed by atoms with Crippen LogP contribution in [0.4, 0.5) is 16.2 Å². The van der Waals surface area contributed by atoms with Crippen LogP contribution in [0.25, 0.3) is 11.4 Å². The van der Waals surface area contributed by atoms with Gasteiger partial charge in [0, 0.05) is 17.7 Å². The van der Waals surface area contributed by atoms with Crippen molar-refractivity contribution in [1.29, 1.82) is 0 Å². The summed E-state index contributed by atoms with van der Waals surface area (Å²) in [6, 6.07) is 12.9. The highest BCUT2D eigenvalue weighted by molar-refractivity contribution is 5.89.